The van der Waals surface area contributed by atoms with Gasteiger partial charge in [-0.05, 0) is 42.0 Å². The number of aromatic nitrogens is 1. The van der Waals surface area contributed by atoms with Gasteiger partial charge in [0, 0.05) is 11.1 Å². The van der Waals surface area contributed by atoms with Crippen molar-refractivity contribution in [2.24, 2.45) is 0 Å². The maximum absolute atomic E-state index is 12.3. The molecule has 0 unspecified atom stereocenters. The number of oxazole rings is 1. The van der Waals surface area contributed by atoms with Crippen LogP contribution in [-0.2, 0) is 4.79 Å². The molecule has 0 saturated carbocycles. The van der Waals surface area contributed by atoms with Gasteiger partial charge in [0.2, 0.25) is 11.8 Å². The number of carbonyl (C=O) groups excluding carboxylic acids is 1. The summed E-state index contributed by atoms with van der Waals surface area (Å²) in [6.07, 6.45) is 3.26. The first kappa shape index (κ1) is 17.1. The number of fused-ring (bicyclic) bond motifs is 1. The van der Waals surface area contributed by atoms with E-state index in [1.807, 2.05) is 54.6 Å². The normalized spacial score (nSPS) is 11.1. The van der Waals surface area contributed by atoms with Crippen LogP contribution in [0.5, 0.6) is 0 Å². The molecular formula is C22H15ClN2O2. The summed E-state index contributed by atoms with van der Waals surface area (Å²) in [4.78, 5) is 16.8. The summed E-state index contributed by atoms with van der Waals surface area (Å²) in [6, 6.07) is 22.3. The number of benzene rings is 3. The monoisotopic (exact) mass is 374 g/mol. The number of nitrogens with one attached hydrogen (secondary N) is 1. The van der Waals surface area contributed by atoms with Gasteiger partial charge in [-0.15, -0.1) is 0 Å². The summed E-state index contributed by atoms with van der Waals surface area (Å²) in [6.45, 7) is 0. The van der Waals surface area contributed by atoms with Crippen LogP contribution >= 0.6 is 11.6 Å². The van der Waals surface area contributed by atoms with Crippen LogP contribution in [0.2, 0.25) is 5.02 Å². The molecular weight excluding hydrogens is 360 g/mol. The molecule has 1 amide bonds. The van der Waals surface area contributed by atoms with E-state index in [2.05, 4.69) is 10.3 Å². The summed E-state index contributed by atoms with van der Waals surface area (Å²) >= 11 is 6.01. The number of para-hydroxylation sites is 1. The first-order valence-corrected chi connectivity index (χ1v) is 8.76. The van der Waals surface area contributed by atoms with E-state index in [1.54, 1.807) is 24.3 Å². The number of halogens is 1. The molecule has 1 N–H and O–H groups in total. The molecule has 1 aromatic heterocycles. The van der Waals surface area contributed by atoms with Crippen LogP contribution in [0, 0.1) is 0 Å². The Bertz CT molecular complexity index is 1130. The van der Waals surface area contributed by atoms with Crippen LogP contribution in [0.4, 0.5) is 5.69 Å². The van der Waals surface area contributed by atoms with Crippen molar-refractivity contribution >= 4 is 40.4 Å². The van der Waals surface area contributed by atoms with Crippen molar-refractivity contribution in [2.75, 3.05) is 5.32 Å². The lowest BCUT2D eigenvalue weighted by molar-refractivity contribution is -0.111. The average Bonchev–Trinajstić information content (AvgIpc) is 3.10. The summed E-state index contributed by atoms with van der Waals surface area (Å²) < 4.78 is 5.82. The Morgan fingerprint density at radius 3 is 2.63 bits per heavy atom. The number of hydrogen-bond acceptors (Lipinski definition) is 3. The standard InChI is InChI=1S/C22H15ClN2O2/c23-16-11-12-20-19(14-16)25-22(27-20)17-8-4-5-9-18(17)24-21(26)13-10-15-6-2-1-3-7-15/h1-14H,(H,24,26). The second-order valence-electron chi connectivity index (χ2n) is 5.91. The lowest BCUT2D eigenvalue weighted by Gasteiger charge is -2.06. The van der Waals surface area contributed by atoms with Gasteiger partial charge in [0.1, 0.15) is 5.52 Å². The molecule has 0 aliphatic rings. The fraction of sp³-hybridized carbons (Fsp3) is 0. The van der Waals surface area contributed by atoms with Crippen LogP contribution < -0.4 is 5.32 Å². The second kappa shape index (κ2) is 7.48. The average molecular weight is 375 g/mol. The van der Waals surface area contributed by atoms with Crippen molar-refractivity contribution in [3.63, 3.8) is 0 Å². The first-order valence-electron chi connectivity index (χ1n) is 8.39. The quantitative estimate of drug-likeness (QED) is 0.459. The summed E-state index contributed by atoms with van der Waals surface area (Å²) in [5.74, 6) is 0.195. The van der Waals surface area contributed by atoms with Crippen LogP contribution in [0.1, 0.15) is 5.56 Å². The maximum atomic E-state index is 12.3. The van der Waals surface area contributed by atoms with E-state index in [0.717, 1.165) is 5.56 Å². The van der Waals surface area contributed by atoms with E-state index < -0.39 is 0 Å². The first-order chi connectivity index (χ1) is 13.2. The molecule has 5 heteroatoms. The Morgan fingerprint density at radius 1 is 1.00 bits per heavy atom. The number of rotatable bonds is 4. The zero-order valence-electron chi connectivity index (χ0n) is 14.2. The van der Waals surface area contributed by atoms with Crippen molar-refractivity contribution in [1.82, 2.24) is 4.98 Å². The third-order valence-electron chi connectivity index (χ3n) is 3.99. The SMILES string of the molecule is O=C(C=Cc1ccccc1)Nc1ccccc1-c1nc2cc(Cl)ccc2o1. The number of hydrogen-bond donors (Lipinski definition) is 1. The van der Waals surface area contributed by atoms with E-state index >= 15 is 0 Å². The zero-order valence-corrected chi connectivity index (χ0v) is 15.0. The summed E-state index contributed by atoms with van der Waals surface area (Å²) in [5.41, 5.74) is 3.59. The molecule has 3 aromatic carbocycles. The minimum Gasteiger partial charge on any atom is -0.436 e. The molecule has 0 aliphatic carbocycles. The van der Waals surface area contributed by atoms with Gasteiger partial charge in [-0.25, -0.2) is 4.98 Å². The Morgan fingerprint density at radius 2 is 1.78 bits per heavy atom. The van der Waals surface area contributed by atoms with Gasteiger partial charge in [-0.3, -0.25) is 4.79 Å². The molecule has 4 rings (SSSR count). The molecule has 1 heterocycles. The number of carbonyl (C=O) groups is 1. The molecule has 0 saturated heterocycles. The van der Waals surface area contributed by atoms with E-state index in [9.17, 15) is 4.79 Å². The highest BCUT2D eigenvalue weighted by molar-refractivity contribution is 6.31. The van der Waals surface area contributed by atoms with Crippen LogP contribution in [0.15, 0.2) is 83.3 Å². The van der Waals surface area contributed by atoms with E-state index in [0.29, 0.717) is 33.3 Å². The maximum Gasteiger partial charge on any atom is 0.248 e. The van der Waals surface area contributed by atoms with Crippen molar-refractivity contribution in [1.29, 1.82) is 0 Å². The highest BCUT2D eigenvalue weighted by Gasteiger charge is 2.13. The van der Waals surface area contributed by atoms with E-state index in [4.69, 9.17) is 16.0 Å². The molecule has 4 nitrogen and oxygen atoms in total. The summed E-state index contributed by atoms with van der Waals surface area (Å²) in [5, 5.41) is 3.48. The fourth-order valence-corrected chi connectivity index (χ4v) is 2.87. The van der Waals surface area contributed by atoms with Gasteiger partial charge >= 0.3 is 0 Å². The fourth-order valence-electron chi connectivity index (χ4n) is 2.70. The lowest BCUT2D eigenvalue weighted by atomic mass is 10.1. The molecule has 0 radical (unpaired) electrons. The lowest BCUT2D eigenvalue weighted by Crippen LogP contribution is -2.08. The topological polar surface area (TPSA) is 55.1 Å². The summed E-state index contributed by atoms with van der Waals surface area (Å²) in [7, 11) is 0. The Kier molecular flexibility index (Phi) is 4.73. The number of anilines is 1. The minimum absolute atomic E-state index is 0.231. The molecule has 0 atom stereocenters. The predicted octanol–water partition coefficient (Wildman–Crippen LogP) is 5.80. The number of amides is 1. The van der Waals surface area contributed by atoms with E-state index in [-0.39, 0.29) is 5.91 Å². The van der Waals surface area contributed by atoms with E-state index in [1.165, 1.54) is 6.08 Å². The largest absolute Gasteiger partial charge is 0.436 e. The molecule has 0 spiro atoms. The molecule has 0 fully saturated rings. The van der Waals surface area contributed by atoms with Crippen molar-refractivity contribution in [3.8, 4) is 11.5 Å². The minimum atomic E-state index is -0.231. The Balaban J connectivity index is 1.60. The second-order valence-corrected chi connectivity index (χ2v) is 6.35. The van der Waals surface area contributed by atoms with Gasteiger partial charge in [0.25, 0.3) is 0 Å². The molecule has 27 heavy (non-hydrogen) atoms. The van der Waals surface area contributed by atoms with Crippen LogP contribution in [0.3, 0.4) is 0 Å². The smallest absolute Gasteiger partial charge is 0.248 e. The van der Waals surface area contributed by atoms with Crippen molar-refractivity contribution < 1.29 is 9.21 Å². The third kappa shape index (κ3) is 3.91. The Hall–Kier alpha value is -3.37. The van der Waals surface area contributed by atoms with Gasteiger partial charge in [0.05, 0.1) is 11.3 Å². The van der Waals surface area contributed by atoms with Gasteiger partial charge in [0.15, 0.2) is 5.58 Å². The van der Waals surface area contributed by atoms with Gasteiger partial charge in [-0.2, -0.15) is 0 Å². The highest BCUT2D eigenvalue weighted by Crippen LogP contribution is 2.31. The molecule has 0 bridgehead atoms. The highest BCUT2D eigenvalue weighted by atomic mass is 35.5. The Labute approximate surface area is 161 Å². The van der Waals surface area contributed by atoms with Crippen LogP contribution in [0.25, 0.3) is 28.6 Å². The molecule has 4 aromatic rings. The molecule has 0 aliphatic heterocycles. The van der Waals surface area contributed by atoms with Crippen molar-refractivity contribution in [2.45, 2.75) is 0 Å². The van der Waals surface area contributed by atoms with Gasteiger partial charge < -0.3 is 9.73 Å². The molecule has 132 valence electrons. The number of nitrogens with zero attached hydrogens (tertiary/aromatic N) is 1. The zero-order chi connectivity index (χ0) is 18.6. The van der Waals surface area contributed by atoms with Crippen molar-refractivity contribution in [3.05, 3.63) is 89.5 Å². The predicted molar refractivity (Wildman–Crippen MR) is 109 cm³/mol. The van der Waals surface area contributed by atoms with Crippen LogP contribution in [-0.4, -0.2) is 10.9 Å². The van der Waals surface area contributed by atoms with Gasteiger partial charge in [-0.1, -0.05) is 54.1 Å². The third-order valence-corrected chi connectivity index (χ3v) is 4.23.